The van der Waals surface area contributed by atoms with E-state index in [-0.39, 0.29) is 0 Å². The lowest BCUT2D eigenvalue weighted by atomic mass is 10.2. The number of hydrogen-bond acceptors (Lipinski definition) is 5. The molecule has 2 heterocycles. The summed E-state index contributed by atoms with van der Waals surface area (Å²) >= 11 is 0. The van der Waals surface area contributed by atoms with Gasteiger partial charge in [-0.1, -0.05) is 6.08 Å². The molecule has 2 aromatic heterocycles. The second kappa shape index (κ2) is 5.59. The van der Waals surface area contributed by atoms with Gasteiger partial charge in [-0.2, -0.15) is 5.10 Å². The van der Waals surface area contributed by atoms with Crippen molar-refractivity contribution >= 4 is 0 Å². The van der Waals surface area contributed by atoms with Crippen molar-refractivity contribution in [1.29, 1.82) is 0 Å². The summed E-state index contributed by atoms with van der Waals surface area (Å²) in [7, 11) is 0. The number of rotatable bonds is 6. The van der Waals surface area contributed by atoms with Crippen molar-refractivity contribution < 1.29 is 4.42 Å². The van der Waals surface area contributed by atoms with Crippen LogP contribution >= 0.6 is 0 Å². The van der Waals surface area contributed by atoms with Gasteiger partial charge in [0.1, 0.15) is 0 Å². The Morgan fingerprint density at radius 3 is 2.89 bits per heavy atom. The summed E-state index contributed by atoms with van der Waals surface area (Å²) in [6.45, 7) is 9.48. The summed E-state index contributed by atoms with van der Waals surface area (Å²) in [5.74, 6) is 1.19. The molecule has 0 fully saturated rings. The SMILES string of the molecule is C=CCn1cc(CNCc2nnc(C)o2)c(C)n1. The lowest BCUT2D eigenvalue weighted by Crippen LogP contribution is -2.13. The van der Waals surface area contributed by atoms with E-state index in [1.165, 1.54) is 0 Å². The van der Waals surface area contributed by atoms with Gasteiger partial charge in [-0.25, -0.2) is 0 Å². The molecule has 96 valence electrons. The van der Waals surface area contributed by atoms with E-state index >= 15 is 0 Å². The van der Waals surface area contributed by atoms with Crippen LogP contribution in [0.25, 0.3) is 0 Å². The van der Waals surface area contributed by atoms with Crippen LogP contribution < -0.4 is 5.32 Å². The monoisotopic (exact) mass is 247 g/mol. The summed E-state index contributed by atoms with van der Waals surface area (Å²) in [6, 6.07) is 0. The van der Waals surface area contributed by atoms with Crippen LogP contribution in [0.4, 0.5) is 0 Å². The van der Waals surface area contributed by atoms with E-state index in [9.17, 15) is 0 Å². The fourth-order valence-electron chi connectivity index (χ4n) is 1.67. The van der Waals surface area contributed by atoms with E-state index in [1.807, 2.05) is 23.9 Å². The number of aromatic nitrogens is 4. The predicted octanol–water partition coefficient (Wildman–Crippen LogP) is 1.36. The summed E-state index contributed by atoms with van der Waals surface area (Å²) < 4.78 is 7.15. The highest BCUT2D eigenvalue weighted by Gasteiger charge is 2.05. The van der Waals surface area contributed by atoms with E-state index in [2.05, 4.69) is 27.2 Å². The molecule has 0 aliphatic rings. The second-order valence-corrected chi connectivity index (χ2v) is 4.07. The van der Waals surface area contributed by atoms with Gasteiger partial charge in [-0.15, -0.1) is 16.8 Å². The van der Waals surface area contributed by atoms with Crippen LogP contribution in [0.2, 0.25) is 0 Å². The molecule has 2 aromatic rings. The standard InChI is InChI=1S/C12H17N5O/c1-4-5-17-8-11(9(2)16-17)6-13-7-12-15-14-10(3)18-12/h4,8,13H,1,5-7H2,2-3H3. The quantitative estimate of drug-likeness (QED) is 0.780. The van der Waals surface area contributed by atoms with Crippen LogP contribution in [0.5, 0.6) is 0 Å². The summed E-state index contributed by atoms with van der Waals surface area (Å²) in [5, 5.41) is 15.3. The highest BCUT2D eigenvalue weighted by atomic mass is 16.4. The van der Waals surface area contributed by atoms with Gasteiger partial charge in [0.2, 0.25) is 11.8 Å². The highest BCUT2D eigenvalue weighted by molar-refractivity contribution is 5.15. The average molecular weight is 247 g/mol. The molecule has 0 spiro atoms. The maximum Gasteiger partial charge on any atom is 0.230 e. The largest absolute Gasteiger partial charge is 0.424 e. The molecule has 0 saturated heterocycles. The minimum absolute atomic E-state index is 0.562. The zero-order valence-corrected chi connectivity index (χ0v) is 10.7. The van der Waals surface area contributed by atoms with Gasteiger partial charge >= 0.3 is 0 Å². The molecule has 0 bridgehead atoms. The van der Waals surface area contributed by atoms with Gasteiger partial charge in [0.05, 0.1) is 18.8 Å². The van der Waals surface area contributed by atoms with Gasteiger partial charge < -0.3 is 9.73 Å². The number of aryl methyl sites for hydroxylation is 2. The molecule has 6 nitrogen and oxygen atoms in total. The molecule has 0 amide bonds. The molecule has 0 unspecified atom stereocenters. The first-order valence-electron chi connectivity index (χ1n) is 5.82. The summed E-state index contributed by atoms with van der Waals surface area (Å²) in [5.41, 5.74) is 2.18. The van der Waals surface area contributed by atoms with E-state index in [1.54, 1.807) is 6.92 Å². The van der Waals surface area contributed by atoms with E-state index in [4.69, 9.17) is 4.42 Å². The van der Waals surface area contributed by atoms with Crippen LogP contribution in [-0.4, -0.2) is 20.0 Å². The third-order valence-corrected chi connectivity index (χ3v) is 2.52. The van der Waals surface area contributed by atoms with E-state index in [0.717, 1.165) is 24.3 Å². The fourth-order valence-corrected chi connectivity index (χ4v) is 1.67. The topological polar surface area (TPSA) is 68.8 Å². The Bertz CT molecular complexity index is 528. The molecule has 0 atom stereocenters. The zero-order chi connectivity index (χ0) is 13.0. The van der Waals surface area contributed by atoms with Crippen LogP contribution in [0.1, 0.15) is 23.0 Å². The Kier molecular flexibility index (Phi) is 3.88. The summed E-state index contributed by atoms with van der Waals surface area (Å²) in [4.78, 5) is 0. The van der Waals surface area contributed by atoms with Crippen molar-refractivity contribution in [3.63, 3.8) is 0 Å². The molecule has 18 heavy (non-hydrogen) atoms. The first-order chi connectivity index (χ1) is 8.69. The Morgan fingerprint density at radius 2 is 2.22 bits per heavy atom. The average Bonchev–Trinajstić information content (AvgIpc) is 2.87. The lowest BCUT2D eigenvalue weighted by Gasteiger charge is -1.99. The third-order valence-electron chi connectivity index (χ3n) is 2.52. The Hall–Kier alpha value is -1.95. The van der Waals surface area contributed by atoms with E-state index in [0.29, 0.717) is 18.3 Å². The fraction of sp³-hybridized carbons (Fsp3) is 0.417. The number of allylic oxidation sites excluding steroid dienone is 1. The predicted molar refractivity (Wildman–Crippen MR) is 66.7 cm³/mol. The molecular formula is C12H17N5O. The molecule has 1 N–H and O–H groups in total. The highest BCUT2D eigenvalue weighted by Crippen LogP contribution is 2.06. The zero-order valence-electron chi connectivity index (χ0n) is 10.7. The van der Waals surface area contributed by atoms with Crippen LogP contribution in [0.15, 0.2) is 23.3 Å². The van der Waals surface area contributed by atoms with Gasteiger partial charge in [0, 0.05) is 25.2 Å². The first kappa shape index (κ1) is 12.5. The molecule has 2 rings (SSSR count). The first-order valence-corrected chi connectivity index (χ1v) is 5.82. The second-order valence-electron chi connectivity index (χ2n) is 4.07. The number of hydrogen-bond donors (Lipinski definition) is 1. The van der Waals surface area contributed by atoms with Gasteiger partial charge in [-0.05, 0) is 6.92 Å². The number of nitrogens with zero attached hydrogens (tertiary/aromatic N) is 4. The lowest BCUT2D eigenvalue weighted by molar-refractivity contribution is 0.446. The molecule has 6 heteroatoms. The van der Waals surface area contributed by atoms with Crippen molar-refractivity contribution in [3.8, 4) is 0 Å². The van der Waals surface area contributed by atoms with Gasteiger partial charge in [0.25, 0.3) is 0 Å². The molecule has 0 aromatic carbocycles. The minimum Gasteiger partial charge on any atom is -0.424 e. The van der Waals surface area contributed by atoms with Crippen molar-refractivity contribution in [3.05, 3.63) is 41.9 Å². The van der Waals surface area contributed by atoms with Crippen molar-refractivity contribution in [2.45, 2.75) is 33.5 Å². The third kappa shape index (κ3) is 3.04. The van der Waals surface area contributed by atoms with Crippen molar-refractivity contribution in [2.75, 3.05) is 0 Å². The summed E-state index contributed by atoms with van der Waals surface area (Å²) in [6.07, 6.45) is 3.84. The Morgan fingerprint density at radius 1 is 1.39 bits per heavy atom. The normalized spacial score (nSPS) is 10.8. The van der Waals surface area contributed by atoms with Crippen LogP contribution in [0, 0.1) is 13.8 Å². The molecule has 0 aliphatic heterocycles. The van der Waals surface area contributed by atoms with Gasteiger partial charge in [0.15, 0.2) is 0 Å². The smallest absolute Gasteiger partial charge is 0.230 e. The van der Waals surface area contributed by atoms with Gasteiger partial charge in [-0.3, -0.25) is 4.68 Å². The Balaban J connectivity index is 1.88. The maximum atomic E-state index is 5.28. The maximum absolute atomic E-state index is 5.28. The molecular weight excluding hydrogens is 230 g/mol. The van der Waals surface area contributed by atoms with Crippen LogP contribution in [-0.2, 0) is 19.6 Å². The molecule has 0 saturated carbocycles. The molecule has 0 radical (unpaired) electrons. The van der Waals surface area contributed by atoms with Crippen molar-refractivity contribution in [1.82, 2.24) is 25.3 Å². The van der Waals surface area contributed by atoms with E-state index < -0.39 is 0 Å². The minimum atomic E-state index is 0.562. The number of nitrogens with one attached hydrogen (secondary N) is 1. The van der Waals surface area contributed by atoms with Crippen molar-refractivity contribution in [2.24, 2.45) is 0 Å². The molecule has 0 aliphatic carbocycles. The van der Waals surface area contributed by atoms with Crippen LogP contribution in [0.3, 0.4) is 0 Å². The Labute approximate surface area is 106 Å².